The van der Waals surface area contributed by atoms with E-state index in [1.165, 1.54) is 25.1 Å². The summed E-state index contributed by atoms with van der Waals surface area (Å²) >= 11 is 0. The number of esters is 1. The van der Waals surface area contributed by atoms with Crippen LogP contribution >= 0.6 is 0 Å². The van der Waals surface area contributed by atoms with E-state index in [9.17, 15) is 18.0 Å². The van der Waals surface area contributed by atoms with Gasteiger partial charge in [-0.2, -0.15) is 4.31 Å². The van der Waals surface area contributed by atoms with E-state index in [0.717, 1.165) is 4.31 Å². The molecule has 2 aromatic rings. The van der Waals surface area contributed by atoms with Crippen LogP contribution in [0.15, 0.2) is 47.9 Å². The Kier molecular flexibility index (Phi) is 7.16. The topological polar surface area (TPSA) is 96.5 Å². The highest BCUT2D eigenvalue weighted by atomic mass is 32.2. The highest BCUT2D eigenvalue weighted by molar-refractivity contribution is 7.89. The molecule has 8 heteroatoms. The van der Waals surface area contributed by atoms with Gasteiger partial charge < -0.3 is 9.72 Å². The molecule has 1 unspecified atom stereocenters. The molecule has 1 aromatic carbocycles. The van der Waals surface area contributed by atoms with Gasteiger partial charge >= 0.3 is 5.97 Å². The summed E-state index contributed by atoms with van der Waals surface area (Å²) in [6, 6.07) is 6.92. The van der Waals surface area contributed by atoms with Gasteiger partial charge in [-0.3, -0.25) is 4.79 Å². The Bertz CT molecular complexity index is 1010. The normalized spacial score (nSPS) is 12.6. The fourth-order valence-electron chi connectivity index (χ4n) is 3.19. The number of benzene rings is 1. The van der Waals surface area contributed by atoms with Crippen molar-refractivity contribution in [1.82, 2.24) is 9.29 Å². The molecule has 0 aliphatic carbocycles. The lowest BCUT2D eigenvalue weighted by atomic mass is 10.0. The first kappa shape index (κ1) is 22.6. The Morgan fingerprint density at radius 1 is 1.24 bits per heavy atom. The number of ether oxygens (including phenoxy) is 1. The number of aromatic amines is 1. The summed E-state index contributed by atoms with van der Waals surface area (Å²) in [6.45, 7) is 10.3. The molecule has 0 saturated heterocycles. The summed E-state index contributed by atoms with van der Waals surface area (Å²) in [6.07, 6.45) is 1.44. The Morgan fingerprint density at radius 2 is 1.86 bits per heavy atom. The fourth-order valence-corrected chi connectivity index (χ4v) is 4.77. The van der Waals surface area contributed by atoms with Crippen LogP contribution in [0.1, 0.15) is 46.0 Å². The van der Waals surface area contributed by atoms with Crippen molar-refractivity contribution in [2.75, 3.05) is 13.2 Å². The van der Waals surface area contributed by atoms with Crippen molar-refractivity contribution in [1.29, 1.82) is 0 Å². The molecular weight excluding hydrogens is 392 g/mol. The maximum absolute atomic E-state index is 13.3. The molecule has 156 valence electrons. The van der Waals surface area contributed by atoms with Gasteiger partial charge in [0.1, 0.15) is 5.69 Å². The van der Waals surface area contributed by atoms with Gasteiger partial charge in [-0.05, 0) is 45.4 Å². The van der Waals surface area contributed by atoms with Gasteiger partial charge in [0.15, 0.2) is 5.78 Å². The molecule has 1 heterocycles. The molecule has 1 atom stereocenters. The standard InChI is InChI=1S/C21H26N2O5S/c1-6-13-23(29(26,27)17-11-9-8-10-12-17)16(5)20(24)18-14(3)19(22-15(18)4)21(25)28-7-2/h6,8-12,16,22H,1,7,13H2,2-5H3. The number of aromatic nitrogens is 1. The van der Waals surface area contributed by atoms with Crippen LogP contribution in [0.4, 0.5) is 0 Å². The van der Waals surface area contributed by atoms with Crippen molar-refractivity contribution in [3.8, 4) is 0 Å². The molecule has 0 aliphatic rings. The van der Waals surface area contributed by atoms with Crippen LogP contribution in [-0.4, -0.2) is 48.7 Å². The zero-order valence-electron chi connectivity index (χ0n) is 17.1. The molecule has 29 heavy (non-hydrogen) atoms. The van der Waals surface area contributed by atoms with Gasteiger partial charge in [0.05, 0.1) is 17.5 Å². The molecule has 0 amide bonds. The van der Waals surface area contributed by atoms with Crippen LogP contribution in [0.5, 0.6) is 0 Å². The zero-order valence-corrected chi connectivity index (χ0v) is 17.9. The number of H-pyrrole nitrogens is 1. The number of nitrogens with one attached hydrogen (secondary N) is 1. The van der Waals surface area contributed by atoms with Gasteiger partial charge in [0.2, 0.25) is 10.0 Å². The van der Waals surface area contributed by atoms with Crippen molar-refractivity contribution in [2.45, 2.75) is 38.6 Å². The Hall–Kier alpha value is -2.71. The quantitative estimate of drug-likeness (QED) is 0.383. The number of ketones is 1. The van der Waals surface area contributed by atoms with Crippen LogP contribution in [0.3, 0.4) is 0 Å². The number of carbonyl (C=O) groups excluding carboxylic acids is 2. The van der Waals surface area contributed by atoms with Crippen LogP contribution in [0, 0.1) is 13.8 Å². The average molecular weight is 419 g/mol. The third-order valence-corrected chi connectivity index (χ3v) is 6.58. The maximum atomic E-state index is 13.3. The summed E-state index contributed by atoms with van der Waals surface area (Å²) in [7, 11) is -3.92. The minimum Gasteiger partial charge on any atom is -0.461 e. The van der Waals surface area contributed by atoms with E-state index in [1.807, 2.05) is 0 Å². The zero-order chi connectivity index (χ0) is 21.8. The summed E-state index contributed by atoms with van der Waals surface area (Å²) < 4.78 is 32.3. The van der Waals surface area contributed by atoms with Gasteiger partial charge in [-0.25, -0.2) is 13.2 Å². The fraction of sp³-hybridized carbons (Fsp3) is 0.333. The second-order valence-electron chi connectivity index (χ2n) is 6.56. The summed E-state index contributed by atoms with van der Waals surface area (Å²) in [4.78, 5) is 28.4. The van der Waals surface area contributed by atoms with Gasteiger partial charge in [-0.15, -0.1) is 6.58 Å². The first-order chi connectivity index (χ1) is 13.7. The third-order valence-electron chi connectivity index (χ3n) is 4.63. The summed E-state index contributed by atoms with van der Waals surface area (Å²) in [5, 5.41) is 0. The number of Topliss-reactive ketones (excluding diaryl/α,β-unsaturated/α-hetero) is 1. The number of hydrogen-bond donors (Lipinski definition) is 1. The molecule has 0 bridgehead atoms. The van der Waals surface area contributed by atoms with Crippen LogP contribution in [0.2, 0.25) is 0 Å². The number of hydrogen-bond acceptors (Lipinski definition) is 5. The van der Waals surface area contributed by atoms with E-state index in [4.69, 9.17) is 4.74 Å². The molecule has 0 fully saturated rings. The molecule has 0 saturated carbocycles. The number of aryl methyl sites for hydroxylation is 1. The van der Waals surface area contributed by atoms with Crippen LogP contribution < -0.4 is 0 Å². The lowest BCUT2D eigenvalue weighted by Crippen LogP contribution is -2.43. The van der Waals surface area contributed by atoms with E-state index in [2.05, 4.69) is 11.6 Å². The SMILES string of the molecule is C=CCN(C(C)C(=O)c1c(C)[nH]c(C(=O)OCC)c1C)S(=O)(=O)c1ccccc1. The van der Waals surface area contributed by atoms with Gasteiger partial charge in [0, 0.05) is 17.8 Å². The average Bonchev–Trinajstić information content (AvgIpc) is 3.00. The first-order valence-electron chi connectivity index (χ1n) is 9.25. The Balaban J connectivity index is 2.46. The molecule has 0 radical (unpaired) electrons. The lowest BCUT2D eigenvalue weighted by molar-refractivity contribution is 0.0519. The van der Waals surface area contributed by atoms with Gasteiger partial charge in [0.25, 0.3) is 0 Å². The molecule has 1 aromatic heterocycles. The number of rotatable bonds is 9. The molecular formula is C21H26N2O5S. The molecule has 0 aliphatic heterocycles. The van der Waals surface area contributed by atoms with Crippen LogP contribution in [-0.2, 0) is 14.8 Å². The number of carbonyl (C=O) groups is 2. The van der Waals surface area contributed by atoms with Crippen molar-refractivity contribution >= 4 is 21.8 Å². The van der Waals surface area contributed by atoms with E-state index in [0.29, 0.717) is 11.3 Å². The Labute approximate surface area is 171 Å². The lowest BCUT2D eigenvalue weighted by Gasteiger charge is -2.26. The predicted octanol–water partition coefficient (Wildman–Crippen LogP) is 3.26. The second kappa shape index (κ2) is 9.19. The summed E-state index contributed by atoms with van der Waals surface area (Å²) in [5.74, 6) is -0.965. The van der Waals surface area contributed by atoms with Crippen molar-refractivity contribution < 1.29 is 22.7 Å². The maximum Gasteiger partial charge on any atom is 0.355 e. The second-order valence-corrected chi connectivity index (χ2v) is 8.45. The van der Waals surface area contributed by atoms with Crippen LogP contribution in [0.25, 0.3) is 0 Å². The predicted molar refractivity (Wildman–Crippen MR) is 111 cm³/mol. The van der Waals surface area contributed by atoms with E-state index in [1.54, 1.807) is 39.0 Å². The van der Waals surface area contributed by atoms with Crippen molar-refractivity contribution in [2.24, 2.45) is 0 Å². The molecule has 7 nitrogen and oxygen atoms in total. The molecule has 0 spiro atoms. The molecule has 2 rings (SSSR count). The first-order valence-corrected chi connectivity index (χ1v) is 10.7. The molecule has 1 N–H and O–H groups in total. The smallest absolute Gasteiger partial charge is 0.355 e. The minimum atomic E-state index is -3.92. The largest absolute Gasteiger partial charge is 0.461 e. The highest BCUT2D eigenvalue weighted by Crippen LogP contribution is 2.25. The highest BCUT2D eigenvalue weighted by Gasteiger charge is 2.35. The number of nitrogens with zero attached hydrogens (tertiary/aromatic N) is 1. The monoisotopic (exact) mass is 418 g/mol. The van der Waals surface area contributed by atoms with Crippen molar-refractivity contribution in [3.63, 3.8) is 0 Å². The van der Waals surface area contributed by atoms with E-state index >= 15 is 0 Å². The van der Waals surface area contributed by atoms with Gasteiger partial charge in [-0.1, -0.05) is 24.3 Å². The Morgan fingerprint density at radius 3 is 2.41 bits per heavy atom. The summed E-state index contributed by atoms with van der Waals surface area (Å²) in [5.41, 5.74) is 1.41. The van der Waals surface area contributed by atoms with E-state index in [-0.39, 0.29) is 29.3 Å². The minimum absolute atomic E-state index is 0.0304. The third kappa shape index (κ3) is 4.49. The van der Waals surface area contributed by atoms with E-state index < -0.39 is 27.8 Å². The van der Waals surface area contributed by atoms with Crippen molar-refractivity contribution in [3.05, 3.63) is 65.5 Å². The number of sulfonamides is 1.